The minimum absolute atomic E-state index is 0.0345. The molecule has 2 aromatic rings. The molecule has 8 nitrogen and oxygen atoms in total. The van der Waals surface area contributed by atoms with Gasteiger partial charge in [0, 0.05) is 17.8 Å². The number of ether oxygens (including phenoxy) is 2. The third-order valence-corrected chi connectivity index (χ3v) is 6.96. The number of hydrogen-bond acceptors (Lipinski definition) is 7. The molecule has 2 aliphatic rings. The maximum absolute atomic E-state index is 13.0. The average Bonchev–Trinajstić information content (AvgIpc) is 3.01. The van der Waals surface area contributed by atoms with Crippen molar-refractivity contribution in [1.29, 1.82) is 0 Å². The number of aliphatic hydroxyl groups excluding tert-OH is 1. The van der Waals surface area contributed by atoms with Gasteiger partial charge < -0.3 is 19.5 Å². The predicted molar refractivity (Wildman–Crippen MR) is 104 cm³/mol. The fraction of sp³-hybridized carbons (Fsp3) is 0.368. The summed E-state index contributed by atoms with van der Waals surface area (Å²) in [5.41, 5.74) is 0.522. The number of aliphatic hydroxyl groups is 1. The number of sulfone groups is 1. The van der Waals surface area contributed by atoms with E-state index < -0.39 is 15.9 Å². The largest absolute Gasteiger partial charge is 0.495 e. The van der Waals surface area contributed by atoms with Crippen molar-refractivity contribution in [3.63, 3.8) is 0 Å². The standard InChI is InChI=1S/C19H19ClN2O6S/c1-27-16-3-2-12(20)5-17(16)29(25,26)10-11-4-15-18(21-7-11)28-9-13-6-14(23)8-22(13)19(15)24/h2-5,7,13-14,23H,6,8-10H2,1H3/t13-,14+/m1/s1. The van der Waals surface area contributed by atoms with E-state index in [1.54, 1.807) is 11.0 Å². The predicted octanol–water partition coefficient (Wildman–Crippen LogP) is 1.69. The molecule has 1 aromatic heterocycles. The number of pyridine rings is 1. The first-order valence-electron chi connectivity index (χ1n) is 8.95. The van der Waals surface area contributed by atoms with Crippen molar-refractivity contribution in [2.75, 3.05) is 20.3 Å². The van der Waals surface area contributed by atoms with Crippen molar-refractivity contribution in [2.45, 2.75) is 29.2 Å². The van der Waals surface area contributed by atoms with Gasteiger partial charge >= 0.3 is 0 Å². The number of halogens is 1. The first-order chi connectivity index (χ1) is 13.8. The Balaban J connectivity index is 1.67. The van der Waals surface area contributed by atoms with Crippen LogP contribution in [0.15, 0.2) is 35.4 Å². The molecule has 1 saturated heterocycles. The number of aromatic nitrogens is 1. The highest BCUT2D eigenvalue weighted by atomic mass is 35.5. The van der Waals surface area contributed by atoms with Crippen LogP contribution in [0.25, 0.3) is 0 Å². The van der Waals surface area contributed by atoms with Gasteiger partial charge in [0.15, 0.2) is 9.84 Å². The second-order valence-electron chi connectivity index (χ2n) is 7.06. The second kappa shape index (κ2) is 7.47. The van der Waals surface area contributed by atoms with Crippen molar-refractivity contribution in [2.24, 2.45) is 0 Å². The van der Waals surface area contributed by atoms with E-state index in [0.29, 0.717) is 12.0 Å². The molecule has 1 amide bonds. The van der Waals surface area contributed by atoms with Gasteiger partial charge in [0.05, 0.1) is 25.0 Å². The van der Waals surface area contributed by atoms with Gasteiger partial charge in [-0.15, -0.1) is 0 Å². The maximum atomic E-state index is 13.0. The van der Waals surface area contributed by atoms with E-state index in [4.69, 9.17) is 21.1 Å². The number of rotatable bonds is 4. The Hall–Kier alpha value is -2.36. The van der Waals surface area contributed by atoms with Crippen LogP contribution in [0.1, 0.15) is 22.3 Å². The zero-order valence-electron chi connectivity index (χ0n) is 15.5. The summed E-state index contributed by atoms with van der Waals surface area (Å²) in [7, 11) is -2.44. The molecule has 10 heteroatoms. The SMILES string of the molecule is COc1ccc(Cl)cc1S(=O)(=O)Cc1cnc2c(c1)C(=O)N1C[C@@H](O)C[C@@H]1CO2. The Morgan fingerprint density at radius 2 is 2.17 bits per heavy atom. The number of benzene rings is 1. The lowest BCUT2D eigenvalue weighted by Crippen LogP contribution is -2.37. The molecule has 2 atom stereocenters. The average molecular weight is 439 g/mol. The Morgan fingerprint density at radius 1 is 1.38 bits per heavy atom. The molecule has 3 heterocycles. The van der Waals surface area contributed by atoms with Gasteiger partial charge in [0.2, 0.25) is 5.88 Å². The van der Waals surface area contributed by atoms with Gasteiger partial charge in [-0.3, -0.25) is 4.79 Å². The summed E-state index contributed by atoms with van der Waals surface area (Å²) in [6, 6.07) is 5.61. The van der Waals surface area contributed by atoms with Crippen LogP contribution < -0.4 is 9.47 Å². The number of hydrogen-bond donors (Lipinski definition) is 1. The number of methoxy groups -OCH3 is 1. The van der Waals surface area contributed by atoms with Crippen LogP contribution >= 0.6 is 11.6 Å². The normalized spacial score (nSPS) is 21.2. The number of carbonyl (C=O) groups is 1. The fourth-order valence-corrected chi connectivity index (χ4v) is 5.42. The minimum atomic E-state index is -3.81. The van der Waals surface area contributed by atoms with Crippen molar-refractivity contribution in [3.8, 4) is 11.6 Å². The summed E-state index contributed by atoms with van der Waals surface area (Å²) in [6.45, 7) is 0.453. The van der Waals surface area contributed by atoms with E-state index in [1.807, 2.05) is 0 Å². The summed E-state index contributed by atoms with van der Waals surface area (Å²) in [6.07, 6.45) is 1.22. The van der Waals surface area contributed by atoms with Crippen LogP contribution in [0.5, 0.6) is 11.6 Å². The van der Waals surface area contributed by atoms with Crippen molar-refractivity contribution in [1.82, 2.24) is 9.88 Å². The maximum Gasteiger partial charge on any atom is 0.259 e. The van der Waals surface area contributed by atoms with Crippen LogP contribution in [0.4, 0.5) is 0 Å². The summed E-state index contributed by atoms with van der Waals surface area (Å²) in [5, 5.41) is 10.1. The molecule has 0 spiro atoms. The van der Waals surface area contributed by atoms with Crippen LogP contribution in [0.2, 0.25) is 5.02 Å². The molecule has 0 aliphatic carbocycles. The summed E-state index contributed by atoms with van der Waals surface area (Å²) >= 11 is 5.96. The Labute approximate surface area is 172 Å². The van der Waals surface area contributed by atoms with E-state index in [1.165, 1.54) is 31.5 Å². The van der Waals surface area contributed by atoms with Crippen LogP contribution in [0, 0.1) is 0 Å². The first-order valence-corrected chi connectivity index (χ1v) is 11.0. The van der Waals surface area contributed by atoms with Crippen LogP contribution in [-0.4, -0.2) is 61.7 Å². The zero-order chi connectivity index (χ0) is 20.8. The van der Waals surface area contributed by atoms with E-state index in [2.05, 4.69) is 4.98 Å². The summed E-state index contributed by atoms with van der Waals surface area (Å²) in [4.78, 5) is 18.6. The van der Waals surface area contributed by atoms with Gasteiger partial charge in [-0.2, -0.15) is 0 Å². The molecule has 1 aromatic carbocycles. The fourth-order valence-electron chi connectivity index (χ4n) is 3.66. The molecule has 154 valence electrons. The zero-order valence-corrected chi connectivity index (χ0v) is 17.1. The highest BCUT2D eigenvalue weighted by Crippen LogP contribution is 2.32. The van der Waals surface area contributed by atoms with Gasteiger partial charge in [-0.25, -0.2) is 13.4 Å². The van der Waals surface area contributed by atoms with Gasteiger partial charge in [-0.05, 0) is 36.2 Å². The molecule has 4 rings (SSSR count). The van der Waals surface area contributed by atoms with Crippen molar-refractivity contribution < 1.29 is 27.8 Å². The molecular weight excluding hydrogens is 420 g/mol. The highest BCUT2D eigenvalue weighted by Gasteiger charge is 2.39. The van der Waals surface area contributed by atoms with Crippen LogP contribution in [-0.2, 0) is 15.6 Å². The molecule has 1 N–H and O–H groups in total. The first kappa shape index (κ1) is 19.9. The highest BCUT2D eigenvalue weighted by molar-refractivity contribution is 7.90. The van der Waals surface area contributed by atoms with Crippen molar-refractivity contribution in [3.05, 3.63) is 46.6 Å². The van der Waals surface area contributed by atoms with Gasteiger partial charge in [0.1, 0.15) is 22.8 Å². The third kappa shape index (κ3) is 3.77. The topological polar surface area (TPSA) is 106 Å². The van der Waals surface area contributed by atoms with E-state index in [-0.39, 0.29) is 58.0 Å². The lowest BCUT2D eigenvalue weighted by atomic mass is 10.2. The lowest BCUT2D eigenvalue weighted by Gasteiger charge is -2.20. The molecule has 0 radical (unpaired) electrons. The monoisotopic (exact) mass is 438 g/mol. The number of carbonyl (C=O) groups excluding carboxylic acids is 1. The number of amides is 1. The van der Waals surface area contributed by atoms with E-state index in [0.717, 1.165) is 0 Å². The molecule has 2 aliphatic heterocycles. The molecule has 29 heavy (non-hydrogen) atoms. The van der Waals surface area contributed by atoms with Gasteiger partial charge in [0.25, 0.3) is 5.91 Å². The van der Waals surface area contributed by atoms with Crippen molar-refractivity contribution >= 4 is 27.3 Å². The number of nitrogens with zero attached hydrogens (tertiary/aromatic N) is 2. The van der Waals surface area contributed by atoms with E-state index >= 15 is 0 Å². The van der Waals surface area contributed by atoms with E-state index in [9.17, 15) is 18.3 Å². The molecule has 0 unspecified atom stereocenters. The molecular formula is C19H19ClN2O6S. The smallest absolute Gasteiger partial charge is 0.259 e. The third-order valence-electron chi connectivity index (χ3n) is 5.02. The Kier molecular flexibility index (Phi) is 5.14. The molecule has 1 fully saturated rings. The molecule has 0 bridgehead atoms. The molecule has 0 saturated carbocycles. The van der Waals surface area contributed by atoms with Gasteiger partial charge in [-0.1, -0.05) is 11.6 Å². The lowest BCUT2D eigenvalue weighted by molar-refractivity contribution is 0.0709. The minimum Gasteiger partial charge on any atom is -0.495 e. The number of fused-ring (bicyclic) bond motifs is 2. The summed E-state index contributed by atoms with van der Waals surface area (Å²) in [5.74, 6) is -0.361. The Morgan fingerprint density at radius 3 is 2.93 bits per heavy atom. The van der Waals surface area contributed by atoms with Crippen LogP contribution in [0.3, 0.4) is 0 Å². The quantitative estimate of drug-likeness (QED) is 0.774. The second-order valence-corrected chi connectivity index (χ2v) is 9.46. The summed E-state index contributed by atoms with van der Waals surface area (Å²) < 4.78 is 36.7. The Bertz CT molecular complexity index is 1070.